The van der Waals surface area contributed by atoms with Crippen LogP contribution in [0.5, 0.6) is 0 Å². The lowest BCUT2D eigenvalue weighted by Gasteiger charge is -2.33. The lowest BCUT2D eigenvalue weighted by atomic mass is 10.2. The Balaban J connectivity index is 1.73. The topological polar surface area (TPSA) is 34.3 Å². The molecule has 0 aromatic heterocycles. The van der Waals surface area contributed by atoms with E-state index in [0.717, 1.165) is 12.1 Å². The minimum Gasteiger partial charge on any atom is -0.455 e. The largest absolute Gasteiger partial charge is 0.455 e. The fourth-order valence-electron chi connectivity index (χ4n) is 3.59. The van der Waals surface area contributed by atoms with Crippen LogP contribution in [0, 0.1) is 0 Å². The molecular formula is C16H34O3Si2. The molecule has 21 heavy (non-hydrogen) atoms. The first kappa shape index (κ1) is 17.7. The van der Waals surface area contributed by atoms with Crippen molar-refractivity contribution >= 4 is 16.6 Å². The monoisotopic (exact) mass is 330 g/mol. The first-order valence-electron chi connectivity index (χ1n) is 8.77. The van der Waals surface area contributed by atoms with Gasteiger partial charge in [0.05, 0.1) is 24.4 Å². The predicted octanol–water partition coefficient (Wildman–Crippen LogP) is 4.55. The molecule has 2 saturated heterocycles. The summed E-state index contributed by atoms with van der Waals surface area (Å²) in [6.45, 7) is 13.9. The molecule has 0 N–H and O–H groups in total. The van der Waals surface area contributed by atoms with Crippen molar-refractivity contribution in [2.75, 3.05) is 0 Å². The molecule has 2 fully saturated rings. The summed E-state index contributed by atoms with van der Waals surface area (Å²) < 4.78 is 18.3. The van der Waals surface area contributed by atoms with E-state index in [1.807, 2.05) is 0 Å². The van der Waals surface area contributed by atoms with Gasteiger partial charge in [0.15, 0.2) is 16.6 Å². The highest BCUT2D eigenvalue weighted by Gasteiger charge is 2.47. The van der Waals surface area contributed by atoms with Crippen LogP contribution in [-0.4, -0.2) is 41.1 Å². The van der Waals surface area contributed by atoms with Crippen molar-refractivity contribution in [3.8, 4) is 0 Å². The van der Waals surface area contributed by atoms with Gasteiger partial charge in [0.2, 0.25) is 0 Å². The number of epoxide rings is 2. The molecule has 0 saturated carbocycles. The Hall–Kier alpha value is 0.314. The molecule has 124 valence electrons. The van der Waals surface area contributed by atoms with E-state index in [9.17, 15) is 0 Å². The average molecular weight is 331 g/mol. The molecule has 0 aromatic carbocycles. The minimum absolute atomic E-state index is 0.487. The van der Waals surface area contributed by atoms with Gasteiger partial charge in [0, 0.05) is 0 Å². The molecule has 3 nitrogen and oxygen atoms in total. The van der Waals surface area contributed by atoms with Crippen LogP contribution in [0.15, 0.2) is 0 Å². The van der Waals surface area contributed by atoms with Crippen LogP contribution in [0.1, 0.15) is 39.5 Å². The Morgan fingerprint density at radius 1 is 0.714 bits per heavy atom. The smallest absolute Gasteiger partial charge is 0.176 e. The maximum absolute atomic E-state index is 6.70. The first-order chi connectivity index (χ1) is 9.76. The van der Waals surface area contributed by atoms with Crippen molar-refractivity contribution in [1.82, 2.24) is 0 Å². The van der Waals surface area contributed by atoms with E-state index in [1.165, 1.54) is 25.7 Å². The maximum atomic E-state index is 6.70. The van der Waals surface area contributed by atoms with Crippen molar-refractivity contribution in [3.05, 3.63) is 0 Å². The van der Waals surface area contributed by atoms with E-state index < -0.39 is 16.6 Å². The van der Waals surface area contributed by atoms with Gasteiger partial charge in [0.25, 0.3) is 0 Å². The molecule has 4 unspecified atom stereocenters. The van der Waals surface area contributed by atoms with Crippen molar-refractivity contribution in [1.29, 1.82) is 0 Å². The zero-order valence-electron chi connectivity index (χ0n) is 14.8. The molecule has 2 aliphatic rings. The summed E-state index contributed by atoms with van der Waals surface area (Å²) in [5.41, 5.74) is 0. The van der Waals surface area contributed by atoms with Crippen LogP contribution in [0.25, 0.3) is 0 Å². The van der Waals surface area contributed by atoms with Crippen LogP contribution in [-0.2, 0) is 13.6 Å². The van der Waals surface area contributed by atoms with E-state index >= 15 is 0 Å². The van der Waals surface area contributed by atoms with Crippen molar-refractivity contribution in [2.45, 2.75) is 102 Å². The second-order valence-electron chi connectivity index (χ2n) is 8.03. The van der Waals surface area contributed by atoms with Gasteiger partial charge >= 0.3 is 0 Å². The van der Waals surface area contributed by atoms with Crippen LogP contribution in [0.2, 0.25) is 38.3 Å². The summed E-state index contributed by atoms with van der Waals surface area (Å²) in [4.78, 5) is 0. The number of rotatable bonds is 10. The fourth-order valence-corrected chi connectivity index (χ4v) is 12.9. The van der Waals surface area contributed by atoms with Gasteiger partial charge in [-0.25, -0.2) is 0 Å². The summed E-state index contributed by atoms with van der Waals surface area (Å²) in [5.74, 6) is 0. The zero-order chi connectivity index (χ0) is 15.7. The third-order valence-corrected chi connectivity index (χ3v) is 11.7. The number of hydrogen-bond donors (Lipinski definition) is 0. The van der Waals surface area contributed by atoms with Crippen LogP contribution in [0.4, 0.5) is 0 Å². The zero-order valence-corrected chi connectivity index (χ0v) is 16.8. The average Bonchev–Trinajstić information content (AvgIpc) is 3.19. The fraction of sp³-hybridized carbons (Fsp3) is 1.00. The highest BCUT2D eigenvalue weighted by Crippen LogP contribution is 2.38. The second-order valence-corrected chi connectivity index (χ2v) is 16.7. The Kier molecular flexibility index (Phi) is 5.74. The van der Waals surface area contributed by atoms with Gasteiger partial charge in [-0.15, -0.1) is 0 Å². The van der Waals surface area contributed by atoms with Crippen molar-refractivity contribution < 1.29 is 13.6 Å². The molecule has 2 rings (SSSR count). The van der Waals surface area contributed by atoms with Gasteiger partial charge in [-0.3, -0.25) is 0 Å². The van der Waals surface area contributed by atoms with Crippen LogP contribution >= 0.6 is 0 Å². The lowest BCUT2D eigenvalue weighted by molar-refractivity contribution is 0.362. The molecule has 0 bridgehead atoms. The Morgan fingerprint density at radius 2 is 1.10 bits per heavy atom. The van der Waals surface area contributed by atoms with E-state index in [0.29, 0.717) is 24.4 Å². The summed E-state index contributed by atoms with van der Waals surface area (Å²) in [6, 6.07) is 2.33. The Morgan fingerprint density at radius 3 is 1.43 bits per heavy atom. The van der Waals surface area contributed by atoms with Gasteiger partial charge < -0.3 is 13.6 Å². The molecule has 0 aromatic rings. The Bertz CT molecular complexity index is 314. The quantitative estimate of drug-likeness (QED) is 0.435. The molecule has 2 heterocycles. The van der Waals surface area contributed by atoms with E-state index in [1.54, 1.807) is 0 Å². The van der Waals surface area contributed by atoms with E-state index in [-0.39, 0.29) is 0 Å². The SMILES string of the molecule is CCCC1OC1C[Si](C)(C)O[Si](C)(C)CC1OC1CCC. The third-order valence-electron chi connectivity index (χ3n) is 4.46. The highest BCUT2D eigenvalue weighted by molar-refractivity contribution is 6.85. The van der Waals surface area contributed by atoms with E-state index in [2.05, 4.69) is 40.0 Å². The molecule has 0 aliphatic carbocycles. The maximum Gasteiger partial charge on any atom is 0.176 e. The normalized spacial score (nSPS) is 32.3. The highest BCUT2D eigenvalue weighted by atomic mass is 28.4. The molecule has 0 spiro atoms. The Labute approximate surface area is 133 Å². The summed E-state index contributed by atoms with van der Waals surface area (Å²) >= 11 is 0. The van der Waals surface area contributed by atoms with E-state index in [4.69, 9.17) is 13.6 Å². The standard InChI is InChI=1S/C16H34O3Si2/c1-7-9-13-15(17-13)11-20(3,4)19-21(5,6)12-16-14(18-16)10-8-2/h13-16H,7-12H2,1-6H3. The summed E-state index contributed by atoms with van der Waals surface area (Å²) in [5, 5.41) is 0. The number of hydrogen-bond acceptors (Lipinski definition) is 3. The number of ether oxygens (including phenoxy) is 2. The predicted molar refractivity (Wildman–Crippen MR) is 92.8 cm³/mol. The van der Waals surface area contributed by atoms with Gasteiger partial charge in [-0.1, -0.05) is 26.7 Å². The minimum atomic E-state index is -1.61. The van der Waals surface area contributed by atoms with Crippen LogP contribution in [0.3, 0.4) is 0 Å². The van der Waals surface area contributed by atoms with Gasteiger partial charge in [-0.2, -0.15) is 0 Å². The molecule has 0 amide bonds. The molecule has 4 atom stereocenters. The molecular weight excluding hydrogens is 296 g/mol. The van der Waals surface area contributed by atoms with Gasteiger partial charge in [0.1, 0.15) is 0 Å². The summed E-state index contributed by atoms with van der Waals surface area (Å²) in [6.07, 6.45) is 6.90. The van der Waals surface area contributed by atoms with Gasteiger partial charge in [-0.05, 0) is 51.1 Å². The molecule has 0 radical (unpaired) electrons. The first-order valence-corrected chi connectivity index (χ1v) is 15.0. The van der Waals surface area contributed by atoms with Crippen molar-refractivity contribution in [3.63, 3.8) is 0 Å². The molecule has 2 aliphatic heterocycles. The van der Waals surface area contributed by atoms with Crippen LogP contribution < -0.4 is 0 Å². The summed E-state index contributed by atoms with van der Waals surface area (Å²) in [7, 11) is -3.22. The molecule has 5 heteroatoms. The third kappa shape index (κ3) is 5.79. The second kappa shape index (κ2) is 6.83. The lowest BCUT2D eigenvalue weighted by Crippen LogP contribution is -2.46. The van der Waals surface area contributed by atoms with Crippen molar-refractivity contribution in [2.24, 2.45) is 0 Å².